The van der Waals surface area contributed by atoms with E-state index < -0.39 is 23.5 Å². The highest BCUT2D eigenvalue weighted by Gasteiger charge is 2.74. The number of nitrogens with zero attached hydrogens (tertiary/aromatic N) is 1. The predicted octanol–water partition coefficient (Wildman–Crippen LogP) is 1.92. The van der Waals surface area contributed by atoms with Crippen molar-refractivity contribution in [3.05, 3.63) is 29.3 Å². The van der Waals surface area contributed by atoms with Crippen LogP contribution in [0, 0.1) is 25.7 Å². The first-order valence-electron chi connectivity index (χ1n) is 12.1. The monoisotopic (exact) mass is 457 g/mol. The second kappa shape index (κ2) is 9.43. The van der Waals surface area contributed by atoms with E-state index in [1.807, 2.05) is 39.0 Å². The Labute approximate surface area is 195 Å². The minimum absolute atomic E-state index is 0.0243. The minimum Gasteiger partial charge on any atom is -0.396 e. The number of carbonyl (C=O) groups is 3. The van der Waals surface area contributed by atoms with Gasteiger partial charge in [0.05, 0.1) is 17.9 Å². The molecule has 3 amide bonds. The van der Waals surface area contributed by atoms with E-state index in [1.54, 1.807) is 4.90 Å². The molecule has 3 aliphatic rings. The maximum Gasteiger partial charge on any atom is 0.250 e. The van der Waals surface area contributed by atoms with Crippen LogP contribution in [-0.4, -0.2) is 65.2 Å². The number of aryl methyl sites for hydroxylation is 2. The number of nitrogens with one attached hydrogen (secondary N) is 2. The lowest BCUT2D eigenvalue weighted by Crippen LogP contribution is -2.53. The summed E-state index contributed by atoms with van der Waals surface area (Å²) in [4.78, 5) is 42.0. The lowest BCUT2D eigenvalue weighted by Gasteiger charge is -2.33. The van der Waals surface area contributed by atoms with Crippen molar-refractivity contribution in [2.45, 2.75) is 70.6 Å². The number of amides is 3. The summed E-state index contributed by atoms with van der Waals surface area (Å²) in [5, 5.41) is 15.2. The third-order valence-electron chi connectivity index (χ3n) is 7.44. The molecule has 1 spiro atoms. The van der Waals surface area contributed by atoms with E-state index in [0.717, 1.165) is 23.2 Å². The van der Waals surface area contributed by atoms with E-state index >= 15 is 0 Å². The number of anilines is 1. The third-order valence-corrected chi connectivity index (χ3v) is 7.44. The molecule has 33 heavy (non-hydrogen) atoms. The maximum atomic E-state index is 13.7. The normalized spacial score (nSPS) is 29.9. The molecule has 1 aromatic rings. The van der Waals surface area contributed by atoms with Crippen molar-refractivity contribution >= 4 is 23.4 Å². The molecule has 0 aliphatic carbocycles. The molecule has 2 unspecified atom stereocenters. The summed E-state index contributed by atoms with van der Waals surface area (Å²) in [7, 11) is 0. The fraction of sp³-hybridized carbons (Fsp3) is 0.640. The molecule has 0 saturated carbocycles. The number of benzene rings is 1. The van der Waals surface area contributed by atoms with Crippen molar-refractivity contribution in [3.8, 4) is 0 Å². The first kappa shape index (κ1) is 23.7. The fourth-order valence-corrected chi connectivity index (χ4v) is 5.96. The third kappa shape index (κ3) is 3.93. The van der Waals surface area contributed by atoms with E-state index in [-0.39, 0.29) is 30.4 Å². The van der Waals surface area contributed by atoms with Crippen LogP contribution in [0.3, 0.4) is 0 Å². The van der Waals surface area contributed by atoms with Gasteiger partial charge in [0.25, 0.3) is 0 Å². The highest BCUT2D eigenvalue weighted by Crippen LogP contribution is 2.58. The van der Waals surface area contributed by atoms with Crippen LogP contribution in [0.2, 0.25) is 0 Å². The summed E-state index contributed by atoms with van der Waals surface area (Å²) in [6.45, 7) is 6.78. The Bertz CT molecular complexity index is 914. The van der Waals surface area contributed by atoms with Crippen LogP contribution < -0.4 is 10.6 Å². The summed E-state index contributed by atoms with van der Waals surface area (Å²) >= 11 is 0. The number of hydrogen-bond acceptors (Lipinski definition) is 5. The van der Waals surface area contributed by atoms with Gasteiger partial charge in [0, 0.05) is 25.4 Å². The van der Waals surface area contributed by atoms with Crippen molar-refractivity contribution in [2.75, 3.05) is 25.0 Å². The predicted molar refractivity (Wildman–Crippen MR) is 123 cm³/mol. The molecule has 4 rings (SSSR count). The number of aliphatic hydroxyl groups excluding tert-OH is 1. The van der Waals surface area contributed by atoms with E-state index in [1.165, 1.54) is 0 Å². The van der Waals surface area contributed by atoms with Crippen molar-refractivity contribution < 1.29 is 24.2 Å². The Morgan fingerprint density at radius 1 is 1.21 bits per heavy atom. The molecule has 3 N–H and O–H groups in total. The number of rotatable bonds is 9. The van der Waals surface area contributed by atoms with Gasteiger partial charge in [-0.15, -0.1) is 0 Å². The van der Waals surface area contributed by atoms with Crippen LogP contribution in [0.5, 0.6) is 0 Å². The Kier molecular flexibility index (Phi) is 6.77. The number of hydrogen-bond donors (Lipinski definition) is 3. The average Bonchev–Trinajstić information content (AvgIpc) is 3.42. The molecule has 5 atom stereocenters. The van der Waals surface area contributed by atoms with E-state index in [2.05, 4.69) is 10.6 Å². The van der Waals surface area contributed by atoms with Crippen LogP contribution in [0.4, 0.5) is 5.69 Å². The fourth-order valence-electron chi connectivity index (χ4n) is 5.96. The summed E-state index contributed by atoms with van der Waals surface area (Å²) in [6.07, 6.45) is 2.82. The molecule has 3 fully saturated rings. The minimum atomic E-state index is -0.990. The second-order valence-electron chi connectivity index (χ2n) is 9.57. The zero-order valence-corrected chi connectivity index (χ0v) is 19.7. The van der Waals surface area contributed by atoms with Gasteiger partial charge in [0.15, 0.2) is 0 Å². The molecule has 0 radical (unpaired) electrons. The molecule has 2 bridgehead atoms. The van der Waals surface area contributed by atoms with Crippen LogP contribution in [0.1, 0.15) is 50.2 Å². The first-order valence-corrected chi connectivity index (χ1v) is 12.1. The number of ether oxygens (including phenoxy) is 1. The number of para-hydroxylation sites is 1. The van der Waals surface area contributed by atoms with Gasteiger partial charge >= 0.3 is 0 Å². The van der Waals surface area contributed by atoms with Crippen LogP contribution in [0.15, 0.2) is 18.2 Å². The Hall–Kier alpha value is -2.45. The number of carbonyl (C=O) groups excluding carboxylic acids is 3. The van der Waals surface area contributed by atoms with Gasteiger partial charge < -0.3 is 25.4 Å². The maximum absolute atomic E-state index is 13.7. The molecular weight excluding hydrogens is 422 g/mol. The molecule has 3 aliphatic heterocycles. The highest BCUT2D eigenvalue weighted by molar-refractivity contribution is 6.04. The molecule has 3 saturated heterocycles. The van der Waals surface area contributed by atoms with Gasteiger partial charge in [0.2, 0.25) is 17.7 Å². The standard InChI is InChI=1S/C25H35N3O5/c1-4-12-26-22(30)18-17-10-11-25(33-17)19(18)24(32)28(13-5-6-14-29)21(25)23(31)27-20-15(2)8-7-9-16(20)3/h7-9,17-19,21,29H,4-6,10-14H2,1-3H3,(H,26,30)(H,27,31)/t17-,18+,19-,21?,25?/m0/s1. The zero-order chi connectivity index (χ0) is 23.8. The average molecular weight is 458 g/mol. The highest BCUT2D eigenvalue weighted by atomic mass is 16.5. The van der Waals surface area contributed by atoms with Crippen LogP contribution in [0.25, 0.3) is 0 Å². The molecule has 0 aromatic heterocycles. The van der Waals surface area contributed by atoms with Crippen molar-refractivity contribution in [1.82, 2.24) is 10.2 Å². The summed E-state index contributed by atoms with van der Waals surface area (Å²) in [5.41, 5.74) is 1.65. The Morgan fingerprint density at radius 2 is 1.94 bits per heavy atom. The van der Waals surface area contributed by atoms with Crippen molar-refractivity contribution in [2.24, 2.45) is 11.8 Å². The van der Waals surface area contributed by atoms with E-state index in [0.29, 0.717) is 38.8 Å². The SMILES string of the molecule is CCCNC(=O)[C@@H]1[C@@H]2CCC3(O2)C(C(=O)Nc2c(C)cccc2C)N(CCCCO)C(=O)[C@H]13. The first-order chi connectivity index (χ1) is 15.9. The van der Waals surface area contributed by atoms with E-state index in [4.69, 9.17) is 4.74 Å². The number of unbranched alkanes of at least 4 members (excludes halogenated alkanes) is 1. The van der Waals surface area contributed by atoms with Crippen molar-refractivity contribution in [1.29, 1.82) is 0 Å². The van der Waals surface area contributed by atoms with Gasteiger partial charge in [-0.1, -0.05) is 25.1 Å². The quantitative estimate of drug-likeness (QED) is 0.491. The van der Waals surface area contributed by atoms with Crippen LogP contribution in [-0.2, 0) is 19.1 Å². The van der Waals surface area contributed by atoms with Crippen molar-refractivity contribution in [3.63, 3.8) is 0 Å². The smallest absolute Gasteiger partial charge is 0.250 e. The molecule has 180 valence electrons. The van der Waals surface area contributed by atoms with Crippen LogP contribution >= 0.6 is 0 Å². The van der Waals surface area contributed by atoms with Gasteiger partial charge in [-0.25, -0.2) is 0 Å². The topological polar surface area (TPSA) is 108 Å². The van der Waals surface area contributed by atoms with Gasteiger partial charge in [-0.05, 0) is 57.1 Å². The Balaban J connectivity index is 1.67. The second-order valence-corrected chi connectivity index (χ2v) is 9.57. The zero-order valence-electron chi connectivity index (χ0n) is 19.7. The van der Waals surface area contributed by atoms with E-state index in [9.17, 15) is 19.5 Å². The molecule has 1 aromatic carbocycles. The van der Waals surface area contributed by atoms with Gasteiger partial charge in [-0.3, -0.25) is 14.4 Å². The number of fused-ring (bicyclic) bond motifs is 1. The summed E-state index contributed by atoms with van der Waals surface area (Å²) in [6, 6.07) is 5.01. The lowest BCUT2D eigenvalue weighted by molar-refractivity contribution is -0.140. The largest absolute Gasteiger partial charge is 0.396 e. The molecular formula is C25H35N3O5. The van der Waals surface area contributed by atoms with Gasteiger partial charge in [0.1, 0.15) is 11.6 Å². The molecule has 8 heteroatoms. The number of aliphatic hydroxyl groups is 1. The summed E-state index contributed by atoms with van der Waals surface area (Å²) in [5.74, 6) is -1.85. The molecule has 3 heterocycles. The molecule has 8 nitrogen and oxygen atoms in total. The van der Waals surface area contributed by atoms with Gasteiger partial charge in [-0.2, -0.15) is 0 Å². The lowest BCUT2D eigenvalue weighted by atomic mass is 9.70. The summed E-state index contributed by atoms with van der Waals surface area (Å²) < 4.78 is 6.40. The Morgan fingerprint density at radius 3 is 2.61 bits per heavy atom. The number of likely N-dealkylation sites (tertiary alicyclic amines) is 1.